The summed E-state index contributed by atoms with van der Waals surface area (Å²) in [6, 6.07) is 3.02. The molecule has 1 N–H and O–H groups in total. The second-order valence-corrected chi connectivity index (χ2v) is 4.54. The molecule has 0 bridgehead atoms. The largest absolute Gasteiger partial charge is 0.314 e. The minimum absolute atomic E-state index is 0.736. The lowest BCUT2D eigenvalue weighted by Gasteiger charge is -2.19. The highest BCUT2D eigenvalue weighted by molar-refractivity contribution is 7.07. The Hall–Kier alpha value is -0.340. The van der Waals surface area contributed by atoms with Crippen molar-refractivity contribution < 1.29 is 0 Å². The van der Waals surface area contributed by atoms with Crippen LogP contribution < -0.4 is 5.32 Å². The summed E-state index contributed by atoms with van der Waals surface area (Å²) in [4.78, 5) is 0. The van der Waals surface area contributed by atoms with Crippen LogP contribution in [0.5, 0.6) is 0 Å². The van der Waals surface area contributed by atoms with Crippen molar-refractivity contribution in [3.63, 3.8) is 0 Å². The predicted molar refractivity (Wildman–Crippen MR) is 58.4 cm³/mol. The molecule has 1 aliphatic carbocycles. The highest BCUT2D eigenvalue weighted by Gasteiger charge is 2.27. The van der Waals surface area contributed by atoms with E-state index in [0.717, 1.165) is 18.5 Å². The van der Waals surface area contributed by atoms with E-state index in [0.29, 0.717) is 0 Å². The average Bonchev–Trinajstić information content (AvgIpc) is 2.71. The van der Waals surface area contributed by atoms with E-state index in [1.807, 2.05) is 11.3 Å². The van der Waals surface area contributed by atoms with Crippen LogP contribution in [0.4, 0.5) is 0 Å². The Kier molecular flexibility index (Phi) is 3.01. The van der Waals surface area contributed by atoms with Gasteiger partial charge in [-0.15, -0.1) is 0 Å². The molecule has 0 aromatic carbocycles. The maximum atomic E-state index is 3.59. The Morgan fingerprint density at radius 3 is 3.15 bits per heavy atom. The van der Waals surface area contributed by atoms with E-state index in [4.69, 9.17) is 0 Å². The molecule has 2 unspecified atom stereocenters. The average molecular weight is 195 g/mol. The van der Waals surface area contributed by atoms with E-state index in [-0.39, 0.29) is 0 Å². The zero-order chi connectivity index (χ0) is 9.10. The summed E-state index contributed by atoms with van der Waals surface area (Å²) in [6.45, 7) is 3.30. The van der Waals surface area contributed by atoms with Crippen molar-refractivity contribution in [3.8, 4) is 0 Å². The fourth-order valence-electron chi connectivity index (χ4n) is 2.35. The van der Waals surface area contributed by atoms with E-state index in [1.54, 1.807) is 5.56 Å². The summed E-state index contributed by atoms with van der Waals surface area (Å²) < 4.78 is 0. The monoisotopic (exact) mass is 195 g/mol. The lowest BCUT2D eigenvalue weighted by Crippen LogP contribution is -2.30. The maximum Gasteiger partial charge on any atom is 0.0136 e. The van der Waals surface area contributed by atoms with E-state index in [9.17, 15) is 0 Å². The van der Waals surface area contributed by atoms with Gasteiger partial charge >= 0.3 is 0 Å². The van der Waals surface area contributed by atoms with Crippen molar-refractivity contribution in [3.05, 3.63) is 22.4 Å². The number of hydrogen-bond donors (Lipinski definition) is 1. The minimum Gasteiger partial charge on any atom is -0.314 e. The van der Waals surface area contributed by atoms with Gasteiger partial charge in [0.25, 0.3) is 0 Å². The molecule has 1 saturated carbocycles. The van der Waals surface area contributed by atoms with Crippen LogP contribution >= 0.6 is 11.3 Å². The number of rotatable bonds is 3. The van der Waals surface area contributed by atoms with Crippen molar-refractivity contribution in [1.29, 1.82) is 0 Å². The lowest BCUT2D eigenvalue weighted by molar-refractivity contribution is 0.493. The smallest absolute Gasteiger partial charge is 0.0136 e. The van der Waals surface area contributed by atoms with Gasteiger partial charge in [-0.2, -0.15) is 11.3 Å². The van der Waals surface area contributed by atoms with Crippen LogP contribution in [0.25, 0.3) is 0 Å². The molecule has 2 heteroatoms. The third-order valence-electron chi connectivity index (χ3n) is 2.95. The summed E-state index contributed by atoms with van der Waals surface area (Å²) >= 11 is 1.82. The normalized spacial score (nSPS) is 28.1. The lowest BCUT2D eigenvalue weighted by atomic mass is 9.97. The fraction of sp³-hybridized carbons (Fsp3) is 0.636. The summed E-state index contributed by atoms with van der Waals surface area (Å²) in [5, 5.41) is 8.08. The van der Waals surface area contributed by atoms with E-state index < -0.39 is 0 Å². The summed E-state index contributed by atoms with van der Waals surface area (Å²) in [6.07, 6.45) is 4.11. The van der Waals surface area contributed by atoms with Gasteiger partial charge in [0, 0.05) is 12.0 Å². The summed E-state index contributed by atoms with van der Waals surface area (Å²) in [5.74, 6) is 0.784. The van der Waals surface area contributed by atoms with Gasteiger partial charge in [0.2, 0.25) is 0 Å². The van der Waals surface area contributed by atoms with Crippen molar-refractivity contribution in [2.45, 2.75) is 38.1 Å². The molecule has 1 fully saturated rings. The molecule has 0 amide bonds. The molecule has 0 radical (unpaired) electrons. The van der Waals surface area contributed by atoms with Gasteiger partial charge in [0.05, 0.1) is 0 Å². The Balaban J connectivity index is 2.05. The van der Waals surface area contributed by atoms with Gasteiger partial charge in [0.1, 0.15) is 0 Å². The molecule has 0 spiro atoms. The second kappa shape index (κ2) is 4.25. The number of hydrogen-bond acceptors (Lipinski definition) is 2. The summed E-state index contributed by atoms with van der Waals surface area (Å²) in [5.41, 5.74) is 1.55. The van der Waals surface area contributed by atoms with Crippen LogP contribution in [0.2, 0.25) is 0 Å². The van der Waals surface area contributed by atoms with Crippen LogP contribution in [0.3, 0.4) is 0 Å². The molecule has 1 aliphatic rings. The van der Waals surface area contributed by atoms with Gasteiger partial charge in [-0.05, 0) is 41.8 Å². The molecular weight excluding hydrogens is 178 g/mol. The maximum absolute atomic E-state index is 3.59. The molecule has 0 saturated heterocycles. The number of likely N-dealkylation sites (N-methyl/N-ethyl adjacent to an activating group) is 1. The SMILES string of the molecule is CCNC1CCCC1c1ccsc1. The van der Waals surface area contributed by atoms with Gasteiger partial charge in [0.15, 0.2) is 0 Å². The topological polar surface area (TPSA) is 12.0 Å². The molecule has 1 heterocycles. The molecule has 1 aromatic heterocycles. The Bertz CT molecular complexity index is 243. The first kappa shape index (κ1) is 9.22. The first-order valence-corrected chi connectivity index (χ1v) is 6.11. The zero-order valence-corrected chi connectivity index (χ0v) is 8.94. The highest BCUT2D eigenvalue weighted by atomic mass is 32.1. The van der Waals surface area contributed by atoms with Crippen molar-refractivity contribution >= 4 is 11.3 Å². The fourth-order valence-corrected chi connectivity index (χ4v) is 3.08. The third-order valence-corrected chi connectivity index (χ3v) is 3.66. The molecule has 1 nitrogen and oxygen atoms in total. The van der Waals surface area contributed by atoms with Gasteiger partial charge in [-0.25, -0.2) is 0 Å². The molecule has 2 rings (SSSR count). The quantitative estimate of drug-likeness (QED) is 0.782. The van der Waals surface area contributed by atoms with Crippen LogP contribution in [0.15, 0.2) is 16.8 Å². The molecular formula is C11H17NS. The van der Waals surface area contributed by atoms with Crippen molar-refractivity contribution in [2.75, 3.05) is 6.54 Å². The van der Waals surface area contributed by atoms with Crippen LogP contribution in [-0.2, 0) is 0 Å². The van der Waals surface area contributed by atoms with Crippen LogP contribution in [0.1, 0.15) is 37.7 Å². The molecule has 2 atom stereocenters. The Morgan fingerprint density at radius 2 is 2.46 bits per heavy atom. The molecule has 1 aromatic rings. The van der Waals surface area contributed by atoms with Crippen molar-refractivity contribution in [2.24, 2.45) is 0 Å². The summed E-state index contributed by atoms with van der Waals surface area (Å²) in [7, 11) is 0. The van der Waals surface area contributed by atoms with Gasteiger partial charge in [-0.3, -0.25) is 0 Å². The molecule has 72 valence electrons. The molecule has 13 heavy (non-hydrogen) atoms. The van der Waals surface area contributed by atoms with E-state index >= 15 is 0 Å². The van der Waals surface area contributed by atoms with Crippen LogP contribution in [0, 0.1) is 0 Å². The third kappa shape index (κ3) is 1.94. The molecule has 0 aliphatic heterocycles. The first-order valence-electron chi connectivity index (χ1n) is 5.17. The minimum atomic E-state index is 0.736. The number of nitrogens with one attached hydrogen (secondary N) is 1. The van der Waals surface area contributed by atoms with Gasteiger partial charge < -0.3 is 5.32 Å². The number of thiophene rings is 1. The standard InChI is InChI=1S/C11H17NS/c1-2-12-11-5-3-4-10(11)9-6-7-13-8-9/h6-8,10-12H,2-5H2,1H3. The second-order valence-electron chi connectivity index (χ2n) is 3.76. The van der Waals surface area contributed by atoms with E-state index in [2.05, 4.69) is 29.1 Å². The van der Waals surface area contributed by atoms with Crippen molar-refractivity contribution in [1.82, 2.24) is 5.32 Å². The Morgan fingerprint density at radius 1 is 1.54 bits per heavy atom. The van der Waals surface area contributed by atoms with Crippen LogP contribution in [-0.4, -0.2) is 12.6 Å². The van der Waals surface area contributed by atoms with E-state index in [1.165, 1.54) is 19.3 Å². The zero-order valence-electron chi connectivity index (χ0n) is 8.12. The Labute approximate surface area is 84.2 Å². The highest BCUT2D eigenvalue weighted by Crippen LogP contribution is 2.35. The predicted octanol–water partition coefficient (Wildman–Crippen LogP) is 2.99. The van der Waals surface area contributed by atoms with Gasteiger partial charge in [-0.1, -0.05) is 13.3 Å². The first-order chi connectivity index (χ1) is 6.42.